The van der Waals surface area contributed by atoms with Crippen LogP contribution in [0.15, 0.2) is 0 Å². The molecule has 16 heavy (non-hydrogen) atoms. The van der Waals surface area contributed by atoms with Crippen molar-refractivity contribution >= 4 is 5.91 Å². The maximum Gasteiger partial charge on any atom is 0.224 e. The number of ether oxygens (including phenoxy) is 2. The minimum absolute atomic E-state index is 0.0386. The van der Waals surface area contributed by atoms with Crippen molar-refractivity contribution in [1.29, 1.82) is 0 Å². The van der Waals surface area contributed by atoms with Crippen LogP contribution >= 0.6 is 0 Å². The lowest BCUT2D eigenvalue weighted by atomic mass is 10.0. The standard InChI is InChI=1S/C11H22N2O3/c1-7(8(2)12)10(14)13-5-9-6-15-11(3,4)16-9/h7-9H,5-6,12H2,1-4H3,(H,13,14). The summed E-state index contributed by atoms with van der Waals surface area (Å²) in [6, 6.07) is -0.141. The molecular weight excluding hydrogens is 208 g/mol. The topological polar surface area (TPSA) is 73.6 Å². The van der Waals surface area contributed by atoms with E-state index in [4.69, 9.17) is 15.2 Å². The van der Waals surface area contributed by atoms with Crippen LogP contribution in [-0.2, 0) is 14.3 Å². The Labute approximate surface area is 96.7 Å². The fraction of sp³-hybridized carbons (Fsp3) is 0.909. The summed E-state index contributed by atoms with van der Waals surface area (Å²) < 4.78 is 11.0. The third-order valence-electron chi connectivity index (χ3n) is 2.77. The smallest absolute Gasteiger partial charge is 0.224 e. The molecule has 3 unspecified atom stereocenters. The number of nitrogens with two attached hydrogens (primary N) is 1. The number of rotatable bonds is 4. The molecule has 0 aromatic rings. The molecule has 1 amide bonds. The highest BCUT2D eigenvalue weighted by Crippen LogP contribution is 2.21. The summed E-state index contributed by atoms with van der Waals surface area (Å²) >= 11 is 0. The van der Waals surface area contributed by atoms with Gasteiger partial charge in [0, 0.05) is 18.5 Å². The predicted octanol–water partition coefficient (Wildman–Crippen LogP) is 0.237. The number of carbonyl (C=O) groups excluding carboxylic acids is 1. The van der Waals surface area contributed by atoms with Gasteiger partial charge in [-0.2, -0.15) is 0 Å². The fourth-order valence-corrected chi connectivity index (χ4v) is 1.48. The van der Waals surface area contributed by atoms with Gasteiger partial charge in [0.25, 0.3) is 0 Å². The summed E-state index contributed by atoms with van der Waals surface area (Å²) in [4.78, 5) is 11.6. The van der Waals surface area contributed by atoms with Crippen LogP contribution in [-0.4, -0.2) is 37.0 Å². The van der Waals surface area contributed by atoms with Gasteiger partial charge < -0.3 is 20.5 Å². The van der Waals surface area contributed by atoms with E-state index in [2.05, 4.69) is 5.32 Å². The molecule has 0 aromatic carbocycles. The molecule has 1 rings (SSSR count). The summed E-state index contributed by atoms with van der Waals surface area (Å²) in [6.07, 6.45) is -0.0702. The molecule has 1 aliphatic rings. The SMILES string of the molecule is CC(N)C(C)C(=O)NCC1COC(C)(C)O1. The van der Waals surface area contributed by atoms with Crippen molar-refractivity contribution in [1.82, 2.24) is 5.32 Å². The fourth-order valence-electron chi connectivity index (χ4n) is 1.48. The Kier molecular flexibility index (Phi) is 4.29. The largest absolute Gasteiger partial charge is 0.353 e. The van der Waals surface area contributed by atoms with Crippen molar-refractivity contribution in [2.24, 2.45) is 11.7 Å². The van der Waals surface area contributed by atoms with Gasteiger partial charge in [0.2, 0.25) is 5.91 Å². The van der Waals surface area contributed by atoms with E-state index >= 15 is 0 Å². The molecule has 94 valence electrons. The Bertz CT molecular complexity index is 254. The zero-order valence-electron chi connectivity index (χ0n) is 10.4. The van der Waals surface area contributed by atoms with Gasteiger partial charge in [0.1, 0.15) is 6.10 Å². The second-order valence-electron chi connectivity index (χ2n) is 4.84. The molecule has 3 atom stereocenters. The summed E-state index contributed by atoms with van der Waals surface area (Å²) in [5.74, 6) is -0.763. The van der Waals surface area contributed by atoms with Crippen LogP contribution in [0.3, 0.4) is 0 Å². The number of nitrogens with one attached hydrogen (secondary N) is 1. The van der Waals surface area contributed by atoms with Crippen molar-refractivity contribution in [2.75, 3.05) is 13.2 Å². The molecule has 3 N–H and O–H groups in total. The lowest BCUT2D eigenvalue weighted by Gasteiger charge is -2.19. The first-order valence-electron chi connectivity index (χ1n) is 5.67. The average Bonchev–Trinajstić information content (AvgIpc) is 2.53. The second-order valence-corrected chi connectivity index (χ2v) is 4.84. The Morgan fingerprint density at radius 2 is 2.19 bits per heavy atom. The van der Waals surface area contributed by atoms with Crippen LogP contribution in [0.2, 0.25) is 0 Å². The molecule has 1 aliphatic heterocycles. The van der Waals surface area contributed by atoms with Gasteiger partial charge in [0.05, 0.1) is 6.61 Å². The molecule has 0 aliphatic carbocycles. The zero-order valence-corrected chi connectivity index (χ0v) is 10.4. The first-order valence-corrected chi connectivity index (χ1v) is 5.67. The maximum atomic E-state index is 11.6. The predicted molar refractivity (Wildman–Crippen MR) is 60.7 cm³/mol. The first-order chi connectivity index (χ1) is 7.32. The van der Waals surface area contributed by atoms with Gasteiger partial charge >= 0.3 is 0 Å². The Balaban J connectivity index is 2.28. The van der Waals surface area contributed by atoms with Crippen molar-refractivity contribution in [3.05, 3.63) is 0 Å². The van der Waals surface area contributed by atoms with Crippen LogP contribution in [0, 0.1) is 5.92 Å². The number of carbonyl (C=O) groups is 1. The Hall–Kier alpha value is -0.650. The van der Waals surface area contributed by atoms with Crippen LogP contribution in [0.5, 0.6) is 0 Å². The number of amides is 1. The zero-order chi connectivity index (χ0) is 12.3. The van der Waals surface area contributed by atoms with Gasteiger partial charge in [-0.25, -0.2) is 0 Å². The third kappa shape index (κ3) is 3.73. The van der Waals surface area contributed by atoms with E-state index < -0.39 is 5.79 Å². The number of hydrogen-bond acceptors (Lipinski definition) is 4. The molecule has 0 bridgehead atoms. The first kappa shape index (κ1) is 13.4. The molecule has 5 heteroatoms. The Morgan fingerprint density at radius 3 is 2.62 bits per heavy atom. The van der Waals surface area contributed by atoms with Crippen LogP contribution in [0.25, 0.3) is 0 Å². The lowest BCUT2D eigenvalue weighted by molar-refractivity contribution is -0.140. The molecular formula is C11H22N2O3. The van der Waals surface area contributed by atoms with Gasteiger partial charge in [-0.1, -0.05) is 6.92 Å². The minimum atomic E-state index is -0.540. The van der Waals surface area contributed by atoms with E-state index in [-0.39, 0.29) is 24.0 Å². The Morgan fingerprint density at radius 1 is 1.56 bits per heavy atom. The van der Waals surface area contributed by atoms with Crippen LogP contribution in [0.1, 0.15) is 27.7 Å². The van der Waals surface area contributed by atoms with E-state index in [0.29, 0.717) is 13.2 Å². The average molecular weight is 230 g/mol. The normalized spacial score (nSPS) is 27.4. The van der Waals surface area contributed by atoms with Crippen molar-refractivity contribution in [3.63, 3.8) is 0 Å². The van der Waals surface area contributed by atoms with E-state index in [0.717, 1.165) is 0 Å². The van der Waals surface area contributed by atoms with E-state index in [9.17, 15) is 4.79 Å². The summed E-state index contributed by atoms with van der Waals surface area (Å²) in [5.41, 5.74) is 5.65. The molecule has 1 saturated heterocycles. The van der Waals surface area contributed by atoms with E-state index in [1.807, 2.05) is 27.7 Å². The van der Waals surface area contributed by atoms with Crippen LogP contribution < -0.4 is 11.1 Å². The highest BCUT2D eigenvalue weighted by atomic mass is 16.7. The highest BCUT2D eigenvalue weighted by molar-refractivity contribution is 5.78. The van der Waals surface area contributed by atoms with Gasteiger partial charge in [-0.3, -0.25) is 4.79 Å². The van der Waals surface area contributed by atoms with Gasteiger partial charge in [-0.15, -0.1) is 0 Å². The maximum absolute atomic E-state index is 11.6. The third-order valence-corrected chi connectivity index (χ3v) is 2.77. The molecule has 1 heterocycles. The van der Waals surface area contributed by atoms with Gasteiger partial charge in [-0.05, 0) is 20.8 Å². The highest BCUT2D eigenvalue weighted by Gasteiger charge is 2.32. The van der Waals surface area contributed by atoms with Gasteiger partial charge in [0.15, 0.2) is 5.79 Å². The van der Waals surface area contributed by atoms with E-state index in [1.165, 1.54) is 0 Å². The van der Waals surface area contributed by atoms with E-state index in [1.54, 1.807) is 0 Å². The monoisotopic (exact) mass is 230 g/mol. The van der Waals surface area contributed by atoms with Crippen molar-refractivity contribution < 1.29 is 14.3 Å². The molecule has 0 spiro atoms. The number of hydrogen-bond donors (Lipinski definition) is 2. The molecule has 0 saturated carbocycles. The quantitative estimate of drug-likeness (QED) is 0.725. The molecule has 5 nitrogen and oxygen atoms in total. The van der Waals surface area contributed by atoms with Crippen molar-refractivity contribution in [2.45, 2.75) is 45.6 Å². The van der Waals surface area contributed by atoms with Crippen LogP contribution in [0.4, 0.5) is 0 Å². The summed E-state index contributed by atoms with van der Waals surface area (Å²) in [6.45, 7) is 8.34. The van der Waals surface area contributed by atoms with Crippen molar-refractivity contribution in [3.8, 4) is 0 Å². The summed E-state index contributed by atoms with van der Waals surface area (Å²) in [5, 5.41) is 2.82. The summed E-state index contributed by atoms with van der Waals surface area (Å²) in [7, 11) is 0. The molecule has 0 aromatic heterocycles. The molecule has 1 fully saturated rings. The minimum Gasteiger partial charge on any atom is -0.353 e. The molecule has 0 radical (unpaired) electrons. The second kappa shape index (κ2) is 5.12. The lowest BCUT2D eigenvalue weighted by Crippen LogP contribution is -2.42.